The van der Waals surface area contributed by atoms with Crippen molar-refractivity contribution in [3.63, 3.8) is 0 Å². The van der Waals surface area contributed by atoms with Crippen LogP contribution in [0.4, 0.5) is 0 Å². The highest BCUT2D eigenvalue weighted by Gasteiger charge is 2.17. The number of nitrogens with zero attached hydrogens (tertiary/aromatic N) is 1. The van der Waals surface area contributed by atoms with Gasteiger partial charge in [0, 0.05) is 22.8 Å². The van der Waals surface area contributed by atoms with Crippen LogP contribution in [0.15, 0.2) is 60.8 Å². The standard InChI is InChI=1S/C14H17N.C12H15N/c1-10-8-9-11-6-5-7-12(13(11)15-10)14(2,3)4;1-12(2,3)10-4-5-11-9(8-10)6-7-13-11/h5-9H,1-4H3;4-8,13H,1-3H3. The summed E-state index contributed by atoms with van der Waals surface area (Å²) in [5, 5.41) is 2.53. The van der Waals surface area contributed by atoms with E-state index < -0.39 is 0 Å². The van der Waals surface area contributed by atoms with Crippen molar-refractivity contribution in [3.8, 4) is 0 Å². The molecule has 0 spiro atoms. The predicted octanol–water partition coefficient (Wildman–Crippen LogP) is 7.31. The van der Waals surface area contributed by atoms with E-state index in [1.807, 2.05) is 13.1 Å². The number of fused-ring (bicyclic) bond motifs is 2. The number of nitrogens with one attached hydrogen (secondary N) is 1. The summed E-state index contributed by atoms with van der Waals surface area (Å²) >= 11 is 0. The molecule has 0 unspecified atom stereocenters. The molecule has 0 aliphatic rings. The van der Waals surface area contributed by atoms with Gasteiger partial charge in [-0.05, 0) is 58.5 Å². The maximum absolute atomic E-state index is 4.64. The van der Waals surface area contributed by atoms with Crippen molar-refractivity contribution in [1.82, 2.24) is 9.97 Å². The van der Waals surface area contributed by atoms with Gasteiger partial charge in [0.05, 0.1) is 5.52 Å². The molecule has 0 atom stereocenters. The van der Waals surface area contributed by atoms with Gasteiger partial charge >= 0.3 is 0 Å². The van der Waals surface area contributed by atoms with Crippen molar-refractivity contribution < 1.29 is 0 Å². The van der Waals surface area contributed by atoms with E-state index in [0.717, 1.165) is 11.2 Å². The van der Waals surface area contributed by atoms with Gasteiger partial charge in [0.15, 0.2) is 0 Å². The maximum Gasteiger partial charge on any atom is 0.0742 e. The smallest absolute Gasteiger partial charge is 0.0742 e. The molecule has 4 rings (SSSR count). The van der Waals surface area contributed by atoms with E-state index in [4.69, 9.17) is 0 Å². The summed E-state index contributed by atoms with van der Waals surface area (Å²) in [6.45, 7) is 15.4. The van der Waals surface area contributed by atoms with Crippen molar-refractivity contribution in [2.75, 3.05) is 0 Å². The number of aryl methyl sites for hydroxylation is 1. The molecule has 28 heavy (non-hydrogen) atoms. The molecule has 2 heteroatoms. The lowest BCUT2D eigenvalue weighted by Gasteiger charge is -2.20. The predicted molar refractivity (Wildman–Crippen MR) is 122 cm³/mol. The van der Waals surface area contributed by atoms with E-state index in [0.29, 0.717) is 0 Å². The molecule has 0 fully saturated rings. The van der Waals surface area contributed by atoms with Crippen LogP contribution >= 0.6 is 0 Å². The van der Waals surface area contributed by atoms with Crippen molar-refractivity contribution >= 4 is 21.8 Å². The van der Waals surface area contributed by atoms with Gasteiger partial charge in [0.25, 0.3) is 0 Å². The Morgan fingerprint density at radius 1 is 0.750 bits per heavy atom. The average Bonchev–Trinajstić information content (AvgIpc) is 3.08. The summed E-state index contributed by atoms with van der Waals surface area (Å²) in [4.78, 5) is 7.84. The first-order valence-electron chi connectivity index (χ1n) is 10.0. The molecule has 2 heterocycles. The van der Waals surface area contributed by atoms with Crippen molar-refractivity contribution in [1.29, 1.82) is 0 Å². The van der Waals surface area contributed by atoms with Crippen LogP contribution in [-0.2, 0) is 10.8 Å². The first-order valence-corrected chi connectivity index (χ1v) is 10.0. The number of hydrogen-bond donors (Lipinski definition) is 1. The lowest BCUT2D eigenvalue weighted by Crippen LogP contribution is -2.12. The summed E-state index contributed by atoms with van der Waals surface area (Å²) in [6, 6.07) is 19.3. The first kappa shape index (κ1) is 20.1. The lowest BCUT2D eigenvalue weighted by atomic mass is 9.85. The molecule has 0 aliphatic heterocycles. The molecule has 0 saturated heterocycles. The normalized spacial score (nSPS) is 12.1. The molecule has 0 bridgehead atoms. The average molecular weight is 373 g/mol. The Balaban J connectivity index is 0.000000162. The van der Waals surface area contributed by atoms with Crippen LogP contribution in [0.5, 0.6) is 0 Å². The number of pyridine rings is 1. The number of aromatic nitrogens is 2. The molecule has 2 nitrogen and oxygen atoms in total. The molecular weight excluding hydrogens is 340 g/mol. The van der Waals surface area contributed by atoms with Crippen molar-refractivity contribution in [2.45, 2.75) is 59.3 Å². The molecule has 4 aromatic rings. The minimum Gasteiger partial charge on any atom is -0.361 e. The van der Waals surface area contributed by atoms with E-state index in [1.54, 1.807) is 0 Å². The number of H-pyrrole nitrogens is 1. The maximum atomic E-state index is 4.64. The number of para-hydroxylation sites is 1. The van der Waals surface area contributed by atoms with Gasteiger partial charge < -0.3 is 4.98 Å². The molecule has 2 aromatic heterocycles. The van der Waals surface area contributed by atoms with E-state index in [2.05, 4.69) is 106 Å². The minimum absolute atomic E-state index is 0.153. The van der Waals surface area contributed by atoms with Gasteiger partial charge in [0.1, 0.15) is 0 Å². The van der Waals surface area contributed by atoms with Crippen LogP contribution in [0.3, 0.4) is 0 Å². The summed E-state index contributed by atoms with van der Waals surface area (Å²) in [6.07, 6.45) is 1.98. The Hall–Kier alpha value is -2.61. The molecular formula is C26H32N2. The number of hydrogen-bond acceptors (Lipinski definition) is 1. The second-order valence-electron chi connectivity index (χ2n) is 9.61. The molecule has 0 amide bonds. The highest BCUT2D eigenvalue weighted by molar-refractivity contribution is 5.83. The van der Waals surface area contributed by atoms with Gasteiger partial charge in [-0.3, -0.25) is 4.98 Å². The quantitative estimate of drug-likeness (QED) is 0.344. The fourth-order valence-electron chi connectivity index (χ4n) is 3.37. The second kappa shape index (κ2) is 7.43. The Morgan fingerprint density at radius 2 is 1.50 bits per heavy atom. The molecule has 146 valence electrons. The topological polar surface area (TPSA) is 28.7 Å². The highest BCUT2D eigenvalue weighted by Crippen LogP contribution is 2.28. The highest BCUT2D eigenvalue weighted by atomic mass is 14.7. The zero-order valence-electron chi connectivity index (χ0n) is 18.2. The molecule has 0 saturated carbocycles. The number of aromatic amines is 1. The largest absolute Gasteiger partial charge is 0.361 e. The lowest BCUT2D eigenvalue weighted by molar-refractivity contribution is 0.591. The Morgan fingerprint density at radius 3 is 2.18 bits per heavy atom. The zero-order valence-corrected chi connectivity index (χ0v) is 18.2. The third-order valence-corrected chi connectivity index (χ3v) is 5.09. The van der Waals surface area contributed by atoms with E-state index in [-0.39, 0.29) is 10.8 Å². The van der Waals surface area contributed by atoms with Crippen molar-refractivity contribution in [2.24, 2.45) is 0 Å². The third-order valence-electron chi connectivity index (χ3n) is 5.09. The SMILES string of the molecule is CC(C)(C)c1ccc2[nH]ccc2c1.Cc1ccc2cccc(C(C)(C)C)c2n1. The van der Waals surface area contributed by atoms with Crippen LogP contribution in [0.25, 0.3) is 21.8 Å². The fourth-order valence-corrected chi connectivity index (χ4v) is 3.37. The number of rotatable bonds is 0. The zero-order chi connectivity index (χ0) is 20.5. The summed E-state index contributed by atoms with van der Waals surface area (Å²) < 4.78 is 0. The van der Waals surface area contributed by atoms with E-state index in [9.17, 15) is 0 Å². The van der Waals surface area contributed by atoms with Gasteiger partial charge in [0.2, 0.25) is 0 Å². The van der Waals surface area contributed by atoms with Gasteiger partial charge in [-0.15, -0.1) is 0 Å². The Bertz CT molecular complexity index is 1090. The molecule has 2 aromatic carbocycles. The van der Waals surface area contributed by atoms with Crippen LogP contribution in [-0.4, -0.2) is 9.97 Å². The van der Waals surface area contributed by atoms with E-state index >= 15 is 0 Å². The summed E-state index contributed by atoms with van der Waals surface area (Å²) in [7, 11) is 0. The summed E-state index contributed by atoms with van der Waals surface area (Å²) in [5.41, 5.74) is 6.55. The van der Waals surface area contributed by atoms with E-state index in [1.165, 1.54) is 27.4 Å². The Labute approximate surface area is 169 Å². The molecule has 0 radical (unpaired) electrons. The van der Waals surface area contributed by atoms with Crippen molar-refractivity contribution in [3.05, 3.63) is 77.6 Å². The first-order chi connectivity index (χ1) is 13.1. The minimum atomic E-state index is 0.153. The van der Waals surface area contributed by atoms with Gasteiger partial charge in [-0.2, -0.15) is 0 Å². The Kier molecular flexibility index (Phi) is 5.34. The summed E-state index contributed by atoms with van der Waals surface area (Å²) in [5.74, 6) is 0. The molecule has 0 aliphatic carbocycles. The van der Waals surface area contributed by atoms with Gasteiger partial charge in [-0.25, -0.2) is 0 Å². The number of benzene rings is 2. The third kappa shape index (κ3) is 4.44. The second-order valence-corrected chi connectivity index (χ2v) is 9.61. The van der Waals surface area contributed by atoms with Crippen LogP contribution in [0.1, 0.15) is 58.4 Å². The monoisotopic (exact) mass is 372 g/mol. The van der Waals surface area contributed by atoms with Crippen LogP contribution in [0, 0.1) is 6.92 Å². The molecule has 1 N–H and O–H groups in total. The van der Waals surface area contributed by atoms with Gasteiger partial charge in [-0.1, -0.05) is 71.9 Å². The van der Waals surface area contributed by atoms with Crippen LogP contribution in [0.2, 0.25) is 0 Å². The fraction of sp³-hybridized carbons (Fsp3) is 0.346. The van der Waals surface area contributed by atoms with Crippen LogP contribution < -0.4 is 0 Å².